The molecule has 1 aromatic carbocycles. The summed E-state index contributed by atoms with van der Waals surface area (Å²) < 4.78 is 11.8. The number of nitrogens with zero attached hydrogens (tertiary/aromatic N) is 1. The van der Waals surface area contributed by atoms with Crippen molar-refractivity contribution in [3.05, 3.63) is 28.8 Å². The fourth-order valence-corrected chi connectivity index (χ4v) is 3.38. The van der Waals surface area contributed by atoms with Crippen molar-refractivity contribution in [2.24, 2.45) is 5.92 Å². The van der Waals surface area contributed by atoms with Crippen LogP contribution < -0.4 is 4.90 Å². The quantitative estimate of drug-likeness (QED) is 0.860. The lowest BCUT2D eigenvalue weighted by Gasteiger charge is -2.32. The van der Waals surface area contributed by atoms with Gasteiger partial charge in [0.25, 0.3) is 11.7 Å². The molecule has 2 aliphatic heterocycles. The van der Waals surface area contributed by atoms with E-state index in [4.69, 9.17) is 9.47 Å². The Morgan fingerprint density at radius 3 is 2.55 bits per heavy atom. The Balaban J connectivity index is 2.08. The lowest BCUT2D eigenvalue weighted by atomic mass is 10.00. The highest BCUT2D eigenvalue weighted by molar-refractivity contribution is 6.07. The number of ether oxygens (including phenoxy) is 2. The molecule has 1 saturated heterocycles. The van der Waals surface area contributed by atoms with Crippen LogP contribution in [0.25, 0.3) is 0 Å². The average molecular weight is 303 g/mol. The molecule has 1 amide bonds. The molecule has 0 aliphatic carbocycles. The standard InChI is InChI=1S/C18H25NO3/c1-12(2)6-7-19-16-14(4)10-13(3)11-15(16)18(17(19)20)21-8-5-9-22-18/h10-12H,5-9H2,1-4H3. The number of benzene rings is 1. The van der Waals surface area contributed by atoms with Crippen LogP contribution in [0, 0.1) is 19.8 Å². The summed E-state index contributed by atoms with van der Waals surface area (Å²) in [5.41, 5.74) is 4.12. The Kier molecular flexibility index (Phi) is 4.00. The summed E-state index contributed by atoms with van der Waals surface area (Å²) >= 11 is 0. The molecule has 22 heavy (non-hydrogen) atoms. The zero-order chi connectivity index (χ0) is 15.9. The molecule has 1 fully saturated rings. The number of hydrogen-bond acceptors (Lipinski definition) is 3. The molecule has 120 valence electrons. The fraction of sp³-hybridized carbons (Fsp3) is 0.611. The molecule has 0 aromatic heterocycles. The molecule has 0 unspecified atom stereocenters. The van der Waals surface area contributed by atoms with Gasteiger partial charge >= 0.3 is 0 Å². The van der Waals surface area contributed by atoms with E-state index in [2.05, 4.69) is 26.8 Å². The summed E-state index contributed by atoms with van der Waals surface area (Å²) in [6.45, 7) is 10.3. The first-order chi connectivity index (χ1) is 10.5. The minimum absolute atomic E-state index is 0.0587. The van der Waals surface area contributed by atoms with Crippen molar-refractivity contribution < 1.29 is 14.3 Å². The second-order valence-corrected chi connectivity index (χ2v) is 6.78. The molecule has 3 rings (SSSR count). The van der Waals surface area contributed by atoms with Gasteiger partial charge in [0.2, 0.25) is 0 Å². The summed E-state index contributed by atoms with van der Waals surface area (Å²) in [7, 11) is 0. The van der Waals surface area contributed by atoms with Gasteiger partial charge in [-0.3, -0.25) is 4.79 Å². The third-order valence-electron chi connectivity index (χ3n) is 4.43. The summed E-state index contributed by atoms with van der Waals surface area (Å²) in [5.74, 6) is -0.718. The minimum atomic E-state index is -1.21. The van der Waals surface area contributed by atoms with Crippen LogP contribution in [0.1, 0.15) is 43.4 Å². The lowest BCUT2D eigenvalue weighted by molar-refractivity contribution is -0.256. The number of amides is 1. The fourth-order valence-electron chi connectivity index (χ4n) is 3.38. The van der Waals surface area contributed by atoms with Crippen LogP contribution >= 0.6 is 0 Å². The van der Waals surface area contributed by atoms with Gasteiger partial charge in [-0.2, -0.15) is 0 Å². The first-order valence-corrected chi connectivity index (χ1v) is 8.17. The normalized spacial score (nSPS) is 20.0. The second kappa shape index (κ2) is 5.67. The Hall–Kier alpha value is -1.39. The predicted molar refractivity (Wildman–Crippen MR) is 85.9 cm³/mol. The highest BCUT2D eigenvalue weighted by Gasteiger charge is 2.55. The van der Waals surface area contributed by atoms with Crippen LogP contribution in [-0.2, 0) is 20.1 Å². The van der Waals surface area contributed by atoms with Crippen LogP contribution in [0.3, 0.4) is 0 Å². The van der Waals surface area contributed by atoms with Crippen LogP contribution in [0.2, 0.25) is 0 Å². The van der Waals surface area contributed by atoms with Gasteiger partial charge in [0, 0.05) is 12.1 Å². The van der Waals surface area contributed by atoms with Crippen molar-refractivity contribution in [1.82, 2.24) is 0 Å². The molecular formula is C18H25NO3. The van der Waals surface area contributed by atoms with Crippen molar-refractivity contribution in [3.8, 4) is 0 Å². The molecule has 1 aromatic rings. The van der Waals surface area contributed by atoms with Crippen molar-refractivity contribution >= 4 is 11.6 Å². The molecule has 4 heteroatoms. The van der Waals surface area contributed by atoms with E-state index in [0.717, 1.165) is 35.2 Å². The molecule has 0 radical (unpaired) electrons. The number of aryl methyl sites for hydroxylation is 2. The summed E-state index contributed by atoms with van der Waals surface area (Å²) in [6.07, 6.45) is 1.80. The van der Waals surface area contributed by atoms with Crippen molar-refractivity contribution in [2.75, 3.05) is 24.7 Å². The molecule has 2 heterocycles. The van der Waals surface area contributed by atoms with Crippen LogP contribution in [0.5, 0.6) is 0 Å². The smallest absolute Gasteiger partial charge is 0.292 e. The minimum Gasteiger partial charge on any atom is -0.338 e. The van der Waals surface area contributed by atoms with E-state index in [9.17, 15) is 4.79 Å². The highest BCUT2D eigenvalue weighted by Crippen LogP contribution is 2.47. The van der Waals surface area contributed by atoms with Gasteiger partial charge in [-0.25, -0.2) is 0 Å². The van der Waals surface area contributed by atoms with Crippen LogP contribution in [-0.4, -0.2) is 25.7 Å². The zero-order valence-corrected chi connectivity index (χ0v) is 13.9. The van der Waals surface area contributed by atoms with Gasteiger partial charge in [-0.1, -0.05) is 25.5 Å². The predicted octanol–water partition coefficient (Wildman–Crippen LogP) is 3.29. The third kappa shape index (κ3) is 2.34. The second-order valence-electron chi connectivity index (χ2n) is 6.78. The first-order valence-electron chi connectivity index (χ1n) is 8.17. The van der Waals surface area contributed by atoms with Gasteiger partial charge in [0.15, 0.2) is 0 Å². The first kappa shape index (κ1) is 15.5. The molecule has 0 saturated carbocycles. The number of carbonyl (C=O) groups is 1. The largest absolute Gasteiger partial charge is 0.338 e. The van der Waals surface area contributed by atoms with Gasteiger partial charge in [0.05, 0.1) is 18.9 Å². The van der Waals surface area contributed by atoms with E-state index in [1.807, 2.05) is 17.9 Å². The number of carbonyl (C=O) groups excluding carboxylic acids is 1. The van der Waals surface area contributed by atoms with Gasteiger partial charge in [-0.05, 0) is 44.2 Å². The maximum absolute atomic E-state index is 13.1. The summed E-state index contributed by atoms with van der Waals surface area (Å²) in [5, 5.41) is 0. The molecule has 0 bridgehead atoms. The Bertz CT molecular complexity index is 588. The number of anilines is 1. The van der Waals surface area contributed by atoms with E-state index in [-0.39, 0.29) is 5.91 Å². The molecular weight excluding hydrogens is 278 g/mol. The molecule has 4 nitrogen and oxygen atoms in total. The number of rotatable bonds is 3. The van der Waals surface area contributed by atoms with Crippen molar-refractivity contribution in [1.29, 1.82) is 0 Å². The van der Waals surface area contributed by atoms with E-state index < -0.39 is 5.79 Å². The Morgan fingerprint density at radius 2 is 1.91 bits per heavy atom. The van der Waals surface area contributed by atoms with E-state index >= 15 is 0 Å². The molecule has 2 aliphatic rings. The van der Waals surface area contributed by atoms with Gasteiger partial charge < -0.3 is 14.4 Å². The van der Waals surface area contributed by atoms with E-state index in [1.165, 1.54) is 0 Å². The molecule has 1 spiro atoms. The van der Waals surface area contributed by atoms with Crippen LogP contribution in [0.15, 0.2) is 12.1 Å². The average Bonchev–Trinajstić information content (AvgIpc) is 2.68. The zero-order valence-electron chi connectivity index (χ0n) is 13.9. The van der Waals surface area contributed by atoms with E-state index in [0.29, 0.717) is 25.7 Å². The highest BCUT2D eigenvalue weighted by atomic mass is 16.7. The van der Waals surface area contributed by atoms with Crippen molar-refractivity contribution in [2.45, 2.75) is 46.3 Å². The van der Waals surface area contributed by atoms with Gasteiger partial charge in [-0.15, -0.1) is 0 Å². The van der Waals surface area contributed by atoms with Crippen molar-refractivity contribution in [3.63, 3.8) is 0 Å². The maximum Gasteiger partial charge on any atom is 0.292 e. The topological polar surface area (TPSA) is 38.8 Å². The molecule has 0 atom stereocenters. The Labute approximate surface area is 132 Å². The molecule has 0 N–H and O–H groups in total. The third-order valence-corrected chi connectivity index (χ3v) is 4.43. The van der Waals surface area contributed by atoms with E-state index in [1.54, 1.807) is 0 Å². The number of hydrogen-bond donors (Lipinski definition) is 0. The van der Waals surface area contributed by atoms with Gasteiger partial charge in [0.1, 0.15) is 0 Å². The summed E-state index contributed by atoms with van der Waals surface area (Å²) in [4.78, 5) is 15.0. The lowest BCUT2D eigenvalue weighted by Crippen LogP contribution is -2.47. The summed E-state index contributed by atoms with van der Waals surface area (Å²) in [6, 6.07) is 4.16. The SMILES string of the molecule is Cc1cc(C)c2c(c1)C1(OCCCO1)C(=O)N2CCC(C)C. The maximum atomic E-state index is 13.1. The Morgan fingerprint density at radius 1 is 1.23 bits per heavy atom. The van der Waals surface area contributed by atoms with Crippen LogP contribution in [0.4, 0.5) is 5.69 Å². The number of fused-ring (bicyclic) bond motifs is 2. The monoisotopic (exact) mass is 303 g/mol.